The van der Waals surface area contributed by atoms with Gasteiger partial charge in [-0.1, -0.05) is 0 Å². The molecule has 0 aliphatic carbocycles. The molecule has 1 aromatic heterocycles. The maximum Gasteiger partial charge on any atom is 0.242 e. The lowest BCUT2D eigenvalue weighted by atomic mass is 10.1. The minimum atomic E-state index is -3.60. The molecule has 0 aromatic carbocycles. The van der Waals surface area contributed by atoms with E-state index >= 15 is 0 Å². The van der Waals surface area contributed by atoms with E-state index in [1.807, 2.05) is 0 Å². The molecule has 2 heterocycles. The van der Waals surface area contributed by atoms with Crippen LogP contribution in [-0.4, -0.2) is 46.5 Å². The van der Waals surface area contributed by atoms with E-state index < -0.39 is 19.9 Å². The van der Waals surface area contributed by atoms with Crippen LogP contribution in [0.3, 0.4) is 0 Å². The number of nitrogens with zero attached hydrogens (tertiary/aromatic N) is 1. The lowest BCUT2D eigenvalue weighted by Gasteiger charge is -2.09. The third-order valence-corrected chi connectivity index (χ3v) is 6.87. The fourth-order valence-electron chi connectivity index (χ4n) is 2.42. The van der Waals surface area contributed by atoms with Crippen LogP contribution in [0.2, 0.25) is 0 Å². The normalized spacial score (nSPS) is 21.7. The summed E-state index contributed by atoms with van der Waals surface area (Å²) in [7, 11) is -3.00. The van der Waals surface area contributed by atoms with Crippen molar-refractivity contribution in [2.75, 3.05) is 25.1 Å². The van der Waals surface area contributed by atoms with E-state index in [-0.39, 0.29) is 28.9 Å². The largest absolute Gasteiger partial charge is 0.352 e. The predicted octanol–water partition coefficient (Wildman–Crippen LogP) is -0.542. The second-order valence-corrected chi connectivity index (χ2v) is 9.43. The van der Waals surface area contributed by atoms with Gasteiger partial charge >= 0.3 is 0 Å². The van der Waals surface area contributed by atoms with Gasteiger partial charge in [-0.15, -0.1) is 0 Å². The standard InChI is InChI=1S/C12H21N3O4S2/c1-13-7-11-5-12(8-15(11)2)21(18,19)14-6-10-3-4-20(16,17)9-10/h5,8,10,13-14H,3-4,6-7,9H2,1-2H3. The van der Waals surface area contributed by atoms with Gasteiger partial charge in [-0.2, -0.15) is 0 Å². The molecular weight excluding hydrogens is 314 g/mol. The molecule has 0 saturated carbocycles. The SMILES string of the molecule is CNCc1cc(S(=O)(=O)NCC2CCS(=O)(=O)C2)cn1C. The van der Waals surface area contributed by atoms with Gasteiger partial charge in [0, 0.05) is 32.0 Å². The number of hydrogen-bond donors (Lipinski definition) is 2. The van der Waals surface area contributed by atoms with Gasteiger partial charge in [0.1, 0.15) is 0 Å². The number of sulfonamides is 1. The van der Waals surface area contributed by atoms with E-state index in [1.54, 1.807) is 30.9 Å². The highest BCUT2D eigenvalue weighted by Gasteiger charge is 2.29. The number of aromatic nitrogens is 1. The van der Waals surface area contributed by atoms with E-state index in [4.69, 9.17) is 0 Å². The first-order valence-electron chi connectivity index (χ1n) is 6.73. The summed E-state index contributed by atoms with van der Waals surface area (Å²) in [4.78, 5) is 0.205. The molecule has 2 rings (SSSR count). The van der Waals surface area contributed by atoms with Crippen LogP contribution in [0.4, 0.5) is 0 Å². The highest BCUT2D eigenvalue weighted by Crippen LogP contribution is 2.19. The van der Waals surface area contributed by atoms with Crippen LogP contribution < -0.4 is 10.0 Å². The molecule has 1 saturated heterocycles. The summed E-state index contributed by atoms with van der Waals surface area (Å²) in [6.07, 6.45) is 2.07. The van der Waals surface area contributed by atoms with E-state index in [2.05, 4.69) is 10.0 Å². The van der Waals surface area contributed by atoms with Crippen molar-refractivity contribution in [3.8, 4) is 0 Å². The monoisotopic (exact) mass is 335 g/mol. The summed E-state index contributed by atoms with van der Waals surface area (Å²) in [5.41, 5.74) is 0.862. The molecule has 2 N–H and O–H groups in total. The summed E-state index contributed by atoms with van der Waals surface area (Å²) < 4.78 is 51.5. The molecule has 1 fully saturated rings. The Bertz CT molecular complexity index is 707. The van der Waals surface area contributed by atoms with Crippen LogP contribution in [-0.2, 0) is 33.5 Å². The Morgan fingerprint density at radius 3 is 2.71 bits per heavy atom. The average Bonchev–Trinajstić information content (AvgIpc) is 2.92. The Hall–Kier alpha value is -0.900. The highest BCUT2D eigenvalue weighted by atomic mass is 32.2. The molecule has 1 aliphatic heterocycles. The van der Waals surface area contributed by atoms with Crippen molar-refractivity contribution < 1.29 is 16.8 Å². The zero-order chi connectivity index (χ0) is 15.7. The predicted molar refractivity (Wildman–Crippen MR) is 80.1 cm³/mol. The maximum atomic E-state index is 12.2. The topological polar surface area (TPSA) is 97.3 Å². The minimum Gasteiger partial charge on any atom is -0.352 e. The third-order valence-electron chi connectivity index (χ3n) is 3.64. The number of rotatable bonds is 6. The second-order valence-electron chi connectivity index (χ2n) is 5.43. The van der Waals surface area contributed by atoms with Gasteiger partial charge in [0.2, 0.25) is 10.0 Å². The van der Waals surface area contributed by atoms with Crippen LogP contribution in [0.5, 0.6) is 0 Å². The van der Waals surface area contributed by atoms with Crippen LogP contribution >= 0.6 is 0 Å². The summed E-state index contributed by atoms with van der Waals surface area (Å²) >= 11 is 0. The van der Waals surface area contributed by atoms with Crippen molar-refractivity contribution >= 4 is 19.9 Å². The molecule has 0 radical (unpaired) electrons. The number of aryl methyl sites for hydroxylation is 1. The molecule has 1 atom stereocenters. The fraction of sp³-hybridized carbons (Fsp3) is 0.667. The van der Waals surface area contributed by atoms with Crippen molar-refractivity contribution in [3.05, 3.63) is 18.0 Å². The van der Waals surface area contributed by atoms with Crippen molar-refractivity contribution in [2.24, 2.45) is 13.0 Å². The van der Waals surface area contributed by atoms with Gasteiger partial charge in [0.05, 0.1) is 16.4 Å². The van der Waals surface area contributed by atoms with E-state index in [0.717, 1.165) is 5.69 Å². The Balaban J connectivity index is 2.03. The van der Waals surface area contributed by atoms with E-state index in [9.17, 15) is 16.8 Å². The molecule has 0 amide bonds. The summed E-state index contributed by atoms with van der Waals surface area (Å²) in [6.45, 7) is 0.741. The summed E-state index contributed by atoms with van der Waals surface area (Å²) in [5, 5.41) is 2.97. The van der Waals surface area contributed by atoms with Gasteiger partial charge in [0.25, 0.3) is 0 Å². The molecule has 9 heteroatoms. The lowest BCUT2D eigenvalue weighted by molar-refractivity contribution is 0.543. The van der Waals surface area contributed by atoms with Gasteiger partial charge < -0.3 is 9.88 Å². The Morgan fingerprint density at radius 2 is 2.14 bits per heavy atom. The molecule has 21 heavy (non-hydrogen) atoms. The second kappa shape index (κ2) is 6.07. The first-order chi connectivity index (χ1) is 9.73. The Labute approximate surface area is 125 Å². The zero-order valence-corrected chi connectivity index (χ0v) is 13.8. The van der Waals surface area contributed by atoms with Crippen molar-refractivity contribution in [2.45, 2.75) is 17.9 Å². The molecule has 0 bridgehead atoms. The van der Waals surface area contributed by atoms with Crippen LogP contribution in [0, 0.1) is 5.92 Å². The average molecular weight is 335 g/mol. The summed E-state index contributed by atoms with van der Waals surface area (Å²) in [5.74, 6) is 0.0806. The summed E-state index contributed by atoms with van der Waals surface area (Å²) in [6, 6.07) is 1.62. The quantitative estimate of drug-likeness (QED) is 0.727. The molecule has 0 spiro atoms. The molecule has 1 aliphatic rings. The van der Waals surface area contributed by atoms with Crippen molar-refractivity contribution in [3.63, 3.8) is 0 Å². The van der Waals surface area contributed by atoms with Crippen LogP contribution in [0.15, 0.2) is 17.2 Å². The fourth-order valence-corrected chi connectivity index (χ4v) is 5.50. The Morgan fingerprint density at radius 1 is 1.43 bits per heavy atom. The first-order valence-corrected chi connectivity index (χ1v) is 10.0. The molecule has 7 nitrogen and oxygen atoms in total. The molecule has 120 valence electrons. The number of nitrogens with one attached hydrogen (secondary N) is 2. The van der Waals surface area contributed by atoms with Crippen molar-refractivity contribution in [1.82, 2.24) is 14.6 Å². The molecule has 1 unspecified atom stereocenters. The van der Waals surface area contributed by atoms with E-state index in [1.165, 1.54) is 0 Å². The minimum absolute atomic E-state index is 0.0648. The van der Waals surface area contributed by atoms with Crippen molar-refractivity contribution in [1.29, 1.82) is 0 Å². The van der Waals surface area contributed by atoms with Crippen LogP contribution in [0.25, 0.3) is 0 Å². The van der Waals surface area contributed by atoms with E-state index in [0.29, 0.717) is 13.0 Å². The highest BCUT2D eigenvalue weighted by molar-refractivity contribution is 7.91. The smallest absolute Gasteiger partial charge is 0.242 e. The number of sulfone groups is 1. The lowest BCUT2D eigenvalue weighted by Crippen LogP contribution is -2.29. The van der Waals surface area contributed by atoms with Gasteiger partial charge in [-0.05, 0) is 25.5 Å². The van der Waals surface area contributed by atoms with Gasteiger partial charge in [-0.25, -0.2) is 21.6 Å². The maximum absolute atomic E-state index is 12.2. The molecular formula is C12H21N3O4S2. The Kier molecular flexibility index (Phi) is 4.76. The first kappa shape index (κ1) is 16.5. The van der Waals surface area contributed by atoms with Crippen LogP contribution in [0.1, 0.15) is 12.1 Å². The number of hydrogen-bond acceptors (Lipinski definition) is 5. The molecule has 1 aromatic rings. The zero-order valence-electron chi connectivity index (χ0n) is 12.2. The van der Waals surface area contributed by atoms with Gasteiger partial charge in [-0.3, -0.25) is 0 Å². The van der Waals surface area contributed by atoms with Gasteiger partial charge in [0.15, 0.2) is 9.84 Å². The third kappa shape index (κ3) is 4.06.